The van der Waals surface area contributed by atoms with Crippen LogP contribution in [0.15, 0.2) is 53.3 Å². The van der Waals surface area contributed by atoms with Gasteiger partial charge in [0.15, 0.2) is 12.0 Å². The number of rotatable bonds is 4. The fourth-order valence-corrected chi connectivity index (χ4v) is 2.93. The van der Waals surface area contributed by atoms with Gasteiger partial charge in [-0.05, 0) is 45.0 Å². The van der Waals surface area contributed by atoms with Crippen molar-refractivity contribution in [3.63, 3.8) is 0 Å². The quantitative estimate of drug-likeness (QED) is 0.523. The molecule has 6 nitrogen and oxygen atoms in total. The first kappa shape index (κ1) is 18.6. The third kappa shape index (κ3) is 4.16. The van der Waals surface area contributed by atoms with Crippen LogP contribution in [0.1, 0.15) is 20.8 Å². The highest BCUT2D eigenvalue weighted by Crippen LogP contribution is 2.19. The molecule has 0 radical (unpaired) electrons. The lowest BCUT2D eigenvalue weighted by molar-refractivity contribution is -0.166. The minimum atomic E-state index is -0.644. The lowest BCUT2D eigenvalue weighted by Gasteiger charge is -2.19. The number of aromatic nitrogens is 1. The van der Waals surface area contributed by atoms with Gasteiger partial charge in [0.25, 0.3) is 0 Å². The maximum absolute atomic E-state index is 12.7. The van der Waals surface area contributed by atoms with Crippen molar-refractivity contribution in [3.8, 4) is 0 Å². The topological polar surface area (TPSA) is 74.6 Å². The summed E-state index contributed by atoms with van der Waals surface area (Å²) in [7, 11) is 0. The van der Waals surface area contributed by atoms with Crippen LogP contribution in [-0.4, -0.2) is 28.7 Å². The lowest BCUT2D eigenvalue weighted by Crippen LogP contribution is -2.28. The Kier molecular flexibility index (Phi) is 4.99. The molecule has 2 aromatic carbocycles. The van der Waals surface area contributed by atoms with Crippen LogP contribution in [-0.2, 0) is 25.6 Å². The summed E-state index contributed by atoms with van der Waals surface area (Å²) in [6, 6.07) is 14.2. The van der Waals surface area contributed by atoms with Gasteiger partial charge >= 0.3 is 11.9 Å². The summed E-state index contributed by atoms with van der Waals surface area (Å²) in [5.41, 5.74) is 0.541. The molecule has 3 aromatic rings. The maximum atomic E-state index is 12.7. The Morgan fingerprint density at radius 1 is 0.889 bits per heavy atom. The Labute approximate surface area is 156 Å². The molecule has 6 heteroatoms. The normalized spacial score (nSPS) is 11.5. The number of ether oxygens (including phenoxy) is 2. The maximum Gasteiger partial charge on any atom is 0.344 e. The van der Waals surface area contributed by atoms with Gasteiger partial charge in [-0.25, -0.2) is 4.79 Å². The standard InChI is InChI=1S/C21H21NO5/c1-21(2,3)27-19(24)13-26-18(23)12-22-16-10-6-4-8-14(16)20(25)15-9-5-7-11-17(15)22/h4-11H,12-13H2,1-3H3. The summed E-state index contributed by atoms with van der Waals surface area (Å²) in [4.78, 5) is 36.7. The van der Waals surface area contributed by atoms with E-state index < -0.39 is 24.1 Å². The third-order valence-electron chi connectivity index (χ3n) is 3.94. The summed E-state index contributed by atoms with van der Waals surface area (Å²) < 4.78 is 11.9. The molecule has 1 heterocycles. The number of carbonyl (C=O) groups is 2. The molecule has 0 spiro atoms. The van der Waals surface area contributed by atoms with Gasteiger partial charge in [0, 0.05) is 10.8 Å². The summed E-state index contributed by atoms with van der Waals surface area (Å²) in [5.74, 6) is -1.19. The Bertz CT molecular complexity index is 1020. The minimum absolute atomic E-state index is 0.0837. The van der Waals surface area contributed by atoms with Crippen molar-refractivity contribution < 1.29 is 19.1 Å². The molecule has 0 saturated heterocycles. The molecule has 0 aliphatic heterocycles. The first-order chi connectivity index (χ1) is 12.8. The van der Waals surface area contributed by atoms with Crippen LogP contribution in [0.25, 0.3) is 21.8 Å². The first-order valence-electron chi connectivity index (χ1n) is 8.64. The molecule has 0 saturated carbocycles. The second-order valence-electron chi connectivity index (χ2n) is 7.20. The molecular formula is C21H21NO5. The molecule has 3 rings (SSSR count). The van der Waals surface area contributed by atoms with Gasteiger partial charge in [-0.15, -0.1) is 0 Å². The molecule has 0 fully saturated rings. The fourth-order valence-electron chi connectivity index (χ4n) is 2.93. The van der Waals surface area contributed by atoms with Crippen LogP contribution in [0.3, 0.4) is 0 Å². The summed E-state index contributed by atoms with van der Waals surface area (Å²) in [6.45, 7) is 4.65. The van der Waals surface area contributed by atoms with Crippen LogP contribution >= 0.6 is 0 Å². The molecule has 0 N–H and O–H groups in total. The molecule has 0 unspecified atom stereocenters. The van der Waals surface area contributed by atoms with Gasteiger partial charge in [-0.2, -0.15) is 0 Å². The molecule has 0 amide bonds. The van der Waals surface area contributed by atoms with Gasteiger partial charge < -0.3 is 14.0 Å². The highest BCUT2D eigenvalue weighted by atomic mass is 16.6. The Morgan fingerprint density at radius 2 is 1.41 bits per heavy atom. The van der Waals surface area contributed by atoms with E-state index in [9.17, 15) is 14.4 Å². The Balaban J connectivity index is 1.90. The number of hydrogen-bond acceptors (Lipinski definition) is 5. The van der Waals surface area contributed by atoms with Crippen molar-refractivity contribution in [2.24, 2.45) is 0 Å². The number of esters is 2. The van der Waals surface area contributed by atoms with Gasteiger partial charge in [-0.1, -0.05) is 24.3 Å². The van der Waals surface area contributed by atoms with E-state index in [4.69, 9.17) is 9.47 Å². The Morgan fingerprint density at radius 3 is 1.93 bits per heavy atom. The van der Waals surface area contributed by atoms with E-state index in [1.54, 1.807) is 73.9 Å². The van der Waals surface area contributed by atoms with Gasteiger partial charge in [-0.3, -0.25) is 9.59 Å². The lowest BCUT2D eigenvalue weighted by atomic mass is 10.1. The van der Waals surface area contributed by atoms with Crippen LogP contribution < -0.4 is 5.43 Å². The predicted molar refractivity (Wildman–Crippen MR) is 103 cm³/mol. The van der Waals surface area contributed by atoms with Gasteiger partial charge in [0.05, 0.1) is 11.0 Å². The SMILES string of the molecule is CC(C)(C)OC(=O)COC(=O)Cn1c2ccccc2c(=O)c2ccccc21. The first-order valence-corrected chi connectivity index (χ1v) is 8.64. The molecule has 27 heavy (non-hydrogen) atoms. The van der Waals surface area contributed by atoms with Crippen LogP contribution in [0.5, 0.6) is 0 Å². The van der Waals surface area contributed by atoms with Crippen molar-refractivity contribution in [3.05, 3.63) is 58.8 Å². The number of para-hydroxylation sites is 2. The molecule has 0 atom stereocenters. The van der Waals surface area contributed by atoms with E-state index in [2.05, 4.69) is 0 Å². The fraction of sp³-hybridized carbons (Fsp3) is 0.286. The van der Waals surface area contributed by atoms with Crippen molar-refractivity contribution in [2.75, 3.05) is 6.61 Å². The van der Waals surface area contributed by atoms with Crippen LogP contribution in [0.2, 0.25) is 0 Å². The van der Waals surface area contributed by atoms with Crippen LogP contribution in [0.4, 0.5) is 0 Å². The molecule has 1 aromatic heterocycles. The smallest absolute Gasteiger partial charge is 0.344 e. The molecule has 0 bridgehead atoms. The van der Waals surface area contributed by atoms with Crippen molar-refractivity contribution in [1.82, 2.24) is 4.57 Å². The summed E-state index contributed by atoms with van der Waals surface area (Å²) in [6.07, 6.45) is 0. The Hall–Kier alpha value is -3.15. The number of nitrogens with zero attached hydrogens (tertiary/aromatic N) is 1. The zero-order chi connectivity index (χ0) is 19.6. The van der Waals surface area contributed by atoms with Crippen molar-refractivity contribution in [2.45, 2.75) is 32.9 Å². The van der Waals surface area contributed by atoms with Crippen LogP contribution in [0, 0.1) is 0 Å². The highest BCUT2D eigenvalue weighted by molar-refractivity contribution is 5.94. The second-order valence-corrected chi connectivity index (χ2v) is 7.20. The zero-order valence-corrected chi connectivity index (χ0v) is 15.5. The van der Waals surface area contributed by atoms with E-state index in [0.717, 1.165) is 0 Å². The van der Waals surface area contributed by atoms with Crippen molar-refractivity contribution in [1.29, 1.82) is 0 Å². The van der Waals surface area contributed by atoms with E-state index in [-0.39, 0.29) is 12.0 Å². The monoisotopic (exact) mass is 367 g/mol. The van der Waals surface area contributed by atoms with E-state index in [1.807, 2.05) is 0 Å². The highest BCUT2D eigenvalue weighted by Gasteiger charge is 2.18. The second kappa shape index (κ2) is 7.23. The molecular weight excluding hydrogens is 346 g/mol. The average Bonchev–Trinajstić information content (AvgIpc) is 2.62. The molecule has 0 aliphatic rings. The minimum Gasteiger partial charge on any atom is -0.457 e. The average molecular weight is 367 g/mol. The summed E-state index contributed by atoms with van der Waals surface area (Å²) >= 11 is 0. The van der Waals surface area contributed by atoms with Crippen molar-refractivity contribution >= 4 is 33.7 Å². The number of hydrogen-bond donors (Lipinski definition) is 0. The predicted octanol–water partition coefficient (Wildman–Crippen LogP) is 3.04. The van der Waals surface area contributed by atoms with Gasteiger partial charge in [0.1, 0.15) is 12.1 Å². The molecule has 0 aliphatic carbocycles. The number of carbonyl (C=O) groups excluding carboxylic acids is 2. The van der Waals surface area contributed by atoms with E-state index in [0.29, 0.717) is 21.8 Å². The molecule has 140 valence electrons. The number of benzene rings is 2. The van der Waals surface area contributed by atoms with E-state index >= 15 is 0 Å². The summed E-state index contributed by atoms with van der Waals surface area (Å²) in [5, 5.41) is 1.05. The third-order valence-corrected chi connectivity index (χ3v) is 3.94. The number of pyridine rings is 1. The van der Waals surface area contributed by atoms with E-state index in [1.165, 1.54) is 0 Å². The zero-order valence-electron chi connectivity index (χ0n) is 15.5. The largest absolute Gasteiger partial charge is 0.457 e. The van der Waals surface area contributed by atoms with Gasteiger partial charge in [0.2, 0.25) is 0 Å². The number of fused-ring (bicyclic) bond motifs is 2.